The third kappa shape index (κ3) is 3.94. The van der Waals surface area contributed by atoms with E-state index in [9.17, 15) is 22.0 Å². The molecule has 27 heavy (non-hydrogen) atoms. The Balaban J connectivity index is 1.71. The molecule has 11 heteroatoms. The van der Waals surface area contributed by atoms with Gasteiger partial charge in [0.25, 0.3) is 0 Å². The lowest BCUT2D eigenvalue weighted by Crippen LogP contribution is -2.49. The minimum atomic E-state index is -4.28. The molecule has 0 bridgehead atoms. The Hall–Kier alpha value is -2.11. The minimum absolute atomic E-state index is 0.0461. The van der Waals surface area contributed by atoms with Gasteiger partial charge in [0.05, 0.1) is 6.61 Å². The maximum absolute atomic E-state index is 13.9. The number of carbonyl (C=O) groups excluding carboxylic acids is 1. The van der Waals surface area contributed by atoms with E-state index in [4.69, 9.17) is 4.74 Å². The SMILES string of the molecule is CCOC(=O)c1csc(N2CCN(S(=O)(=O)c3c(F)cccc3F)CC2)n1. The van der Waals surface area contributed by atoms with Gasteiger partial charge >= 0.3 is 5.97 Å². The lowest BCUT2D eigenvalue weighted by Gasteiger charge is -2.33. The summed E-state index contributed by atoms with van der Waals surface area (Å²) in [6.07, 6.45) is 0. The first-order chi connectivity index (χ1) is 12.8. The lowest BCUT2D eigenvalue weighted by molar-refractivity contribution is 0.0520. The molecule has 1 aromatic carbocycles. The Labute approximate surface area is 159 Å². The Kier molecular flexibility index (Phi) is 5.72. The molecule has 1 aliphatic heterocycles. The fourth-order valence-corrected chi connectivity index (χ4v) is 5.07. The summed E-state index contributed by atoms with van der Waals surface area (Å²) >= 11 is 1.25. The molecule has 146 valence electrons. The molecule has 1 saturated heterocycles. The fraction of sp³-hybridized carbons (Fsp3) is 0.375. The number of halogens is 2. The molecule has 2 heterocycles. The van der Waals surface area contributed by atoms with E-state index >= 15 is 0 Å². The van der Waals surface area contributed by atoms with Crippen LogP contribution in [0.3, 0.4) is 0 Å². The molecule has 0 N–H and O–H groups in total. The van der Waals surface area contributed by atoms with Crippen molar-refractivity contribution < 1.29 is 26.7 Å². The zero-order chi connectivity index (χ0) is 19.6. The van der Waals surface area contributed by atoms with Gasteiger partial charge in [0.15, 0.2) is 15.7 Å². The van der Waals surface area contributed by atoms with Crippen LogP contribution in [0.4, 0.5) is 13.9 Å². The van der Waals surface area contributed by atoms with Crippen LogP contribution in [-0.4, -0.2) is 56.5 Å². The summed E-state index contributed by atoms with van der Waals surface area (Å²) in [6.45, 7) is 2.60. The van der Waals surface area contributed by atoms with E-state index in [0.29, 0.717) is 5.13 Å². The number of sulfonamides is 1. The number of benzene rings is 1. The summed E-state index contributed by atoms with van der Waals surface area (Å²) in [7, 11) is -4.28. The molecule has 0 unspecified atom stereocenters. The van der Waals surface area contributed by atoms with Gasteiger partial charge in [0, 0.05) is 31.6 Å². The maximum atomic E-state index is 13.9. The van der Waals surface area contributed by atoms with Gasteiger partial charge in [-0.2, -0.15) is 4.31 Å². The van der Waals surface area contributed by atoms with Crippen LogP contribution in [0.2, 0.25) is 0 Å². The van der Waals surface area contributed by atoms with E-state index in [0.717, 1.165) is 22.5 Å². The molecule has 0 amide bonds. The number of rotatable bonds is 5. The second-order valence-corrected chi connectivity index (χ2v) is 8.39. The fourth-order valence-electron chi connectivity index (χ4n) is 2.69. The van der Waals surface area contributed by atoms with Gasteiger partial charge in [-0.05, 0) is 19.1 Å². The monoisotopic (exact) mass is 417 g/mol. The van der Waals surface area contributed by atoms with Gasteiger partial charge in [-0.1, -0.05) is 6.07 Å². The molecule has 1 aromatic heterocycles. The predicted octanol–water partition coefficient (Wildman–Crippen LogP) is 2.11. The van der Waals surface area contributed by atoms with Crippen LogP contribution in [0.5, 0.6) is 0 Å². The average molecular weight is 417 g/mol. The van der Waals surface area contributed by atoms with Crippen LogP contribution in [0, 0.1) is 11.6 Å². The highest BCUT2D eigenvalue weighted by atomic mass is 32.2. The van der Waals surface area contributed by atoms with Crippen LogP contribution in [0.1, 0.15) is 17.4 Å². The van der Waals surface area contributed by atoms with Gasteiger partial charge in [-0.3, -0.25) is 0 Å². The first kappa shape index (κ1) is 19.6. The van der Waals surface area contributed by atoms with Gasteiger partial charge in [0.1, 0.15) is 11.6 Å². The van der Waals surface area contributed by atoms with Crippen molar-refractivity contribution in [1.82, 2.24) is 9.29 Å². The van der Waals surface area contributed by atoms with Gasteiger partial charge in [0.2, 0.25) is 10.0 Å². The third-order valence-corrected chi connectivity index (χ3v) is 6.85. The van der Waals surface area contributed by atoms with E-state index in [1.807, 2.05) is 4.90 Å². The average Bonchev–Trinajstić information content (AvgIpc) is 3.12. The molecule has 0 spiro atoms. The summed E-state index contributed by atoms with van der Waals surface area (Å²) in [5.74, 6) is -2.75. The number of thiazole rings is 1. The van der Waals surface area contributed by atoms with Crippen molar-refractivity contribution in [3.8, 4) is 0 Å². The second kappa shape index (κ2) is 7.87. The Morgan fingerprint density at radius 3 is 2.44 bits per heavy atom. The number of nitrogens with zero attached hydrogens (tertiary/aromatic N) is 3. The number of hydrogen-bond acceptors (Lipinski definition) is 7. The second-order valence-electron chi connectivity index (χ2n) is 5.68. The Bertz CT molecular complexity index is 921. The highest BCUT2D eigenvalue weighted by Crippen LogP contribution is 2.26. The predicted molar refractivity (Wildman–Crippen MR) is 95.4 cm³/mol. The molecule has 0 aliphatic carbocycles. The van der Waals surface area contributed by atoms with Crippen molar-refractivity contribution in [3.63, 3.8) is 0 Å². The topological polar surface area (TPSA) is 79.8 Å². The van der Waals surface area contributed by atoms with E-state index in [2.05, 4.69) is 4.98 Å². The number of carbonyl (C=O) groups is 1. The molecule has 1 fully saturated rings. The standard InChI is InChI=1S/C16H17F2N3O4S2/c1-2-25-15(22)13-10-26-16(19-13)20-6-8-21(9-7-20)27(23,24)14-11(17)4-3-5-12(14)18/h3-5,10H,2,6-9H2,1H3. The highest BCUT2D eigenvalue weighted by molar-refractivity contribution is 7.89. The van der Waals surface area contributed by atoms with Crippen LogP contribution < -0.4 is 4.90 Å². The van der Waals surface area contributed by atoms with E-state index in [1.54, 1.807) is 12.3 Å². The minimum Gasteiger partial charge on any atom is -0.461 e. The van der Waals surface area contributed by atoms with Crippen molar-refractivity contribution in [2.24, 2.45) is 0 Å². The number of piperazine rings is 1. The van der Waals surface area contributed by atoms with Crippen molar-refractivity contribution >= 4 is 32.5 Å². The van der Waals surface area contributed by atoms with Crippen LogP contribution >= 0.6 is 11.3 Å². The largest absolute Gasteiger partial charge is 0.461 e. The van der Waals surface area contributed by atoms with Crippen LogP contribution in [0.25, 0.3) is 0 Å². The van der Waals surface area contributed by atoms with Crippen molar-refractivity contribution in [1.29, 1.82) is 0 Å². The molecule has 7 nitrogen and oxygen atoms in total. The van der Waals surface area contributed by atoms with Gasteiger partial charge in [-0.15, -0.1) is 11.3 Å². The lowest BCUT2D eigenvalue weighted by atomic mass is 10.3. The smallest absolute Gasteiger partial charge is 0.357 e. The molecule has 0 saturated carbocycles. The number of aromatic nitrogens is 1. The van der Waals surface area contributed by atoms with Crippen LogP contribution in [0.15, 0.2) is 28.5 Å². The summed E-state index contributed by atoms with van der Waals surface area (Å²) in [6, 6.07) is 2.95. The van der Waals surface area contributed by atoms with Crippen molar-refractivity contribution in [3.05, 3.63) is 40.9 Å². The van der Waals surface area contributed by atoms with Crippen molar-refractivity contribution in [2.75, 3.05) is 37.7 Å². The molecular formula is C16H17F2N3O4S2. The molecular weight excluding hydrogens is 400 g/mol. The van der Waals surface area contributed by atoms with E-state index < -0.39 is 32.5 Å². The van der Waals surface area contributed by atoms with Crippen LogP contribution in [-0.2, 0) is 14.8 Å². The zero-order valence-corrected chi connectivity index (χ0v) is 16.0. The zero-order valence-electron chi connectivity index (χ0n) is 14.4. The summed E-state index contributed by atoms with van der Waals surface area (Å²) in [5, 5.41) is 2.14. The van der Waals surface area contributed by atoms with Gasteiger partial charge < -0.3 is 9.64 Å². The molecule has 2 aromatic rings. The summed E-state index contributed by atoms with van der Waals surface area (Å²) in [5.41, 5.74) is 0.195. The molecule has 0 radical (unpaired) electrons. The Morgan fingerprint density at radius 1 is 1.22 bits per heavy atom. The van der Waals surface area contributed by atoms with Gasteiger partial charge in [-0.25, -0.2) is 27.0 Å². The van der Waals surface area contributed by atoms with E-state index in [1.165, 1.54) is 11.3 Å². The highest BCUT2D eigenvalue weighted by Gasteiger charge is 2.33. The number of anilines is 1. The normalized spacial score (nSPS) is 15.7. The summed E-state index contributed by atoms with van der Waals surface area (Å²) < 4.78 is 58.9. The number of esters is 1. The van der Waals surface area contributed by atoms with Crippen molar-refractivity contribution in [2.45, 2.75) is 11.8 Å². The maximum Gasteiger partial charge on any atom is 0.357 e. The third-order valence-electron chi connectivity index (χ3n) is 4.00. The number of ether oxygens (including phenoxy) is 1. The quantitative estimate of drug-likeness (QED) is 0.694. The summed E-state index contributed by atoms with van der Waals surface area (Å²) in [4.78, 5) is 16.8. The molecule has 0 atom stereocenters. The number of hydrogen-bond donors (Lipinski definition) is 0. The van der Waals surface area contributed by atoms with E-state index in [-0.39, 0.29) is 38.5 Å². The molecule has 1 aliphatic rings. The molecule has 3 rings (SSSR count). The Morgan fingerprint density at radius 2 is 1.85 bits per heavy atom. The first-order valence-electron chi connectivity index (χ1n) is 8.16. The first-order valence-corrected chi connectivity index (χ1v) is 10.5.